The highest BCUT2D eigenvalue weighted by molar-refractivity contribution is 5.70. The van der Waals surface area contributed by atoms with Gasteiger partial charge in [0.2, 0.25) is 0 Å². The molecule has 0 saturated carbocycles. The third kappa shape index (κ3) is 2.22. The second-order valence-electron chi connectivity index (χ2n) is 4.66. The summed E-state index contributed by atoms with van der Waals surface area (Å²) in [5, 5.41) is 3.72. The SMILES string of the molecule is CC(N=[N+]=[N-])c1cc2c(F)cccn2c1-c1ccccn1. The lowest BCUT2D eigenvalue weighted by Crippen LogP contribution is -1.95. The molecule has 21 heavy (non-hydrogen) atoms. The molecule has 3 heterocycles. The fourth-order valence-corrected chi connectivity index (χ4v) is 2.41. The van der Waals surface area contributed by atoms with E-state index in [2.05, 4.69) is 15.0 Å². The predicted molar refractivity (Wildman–Crippen MR) is 78.1 cm³/mol. The highest BCUT2D eigenvalue weighted by Gasteiger charge is 2.18. The third-order valence-corrected chi connectivity index (χ3v) is 3.37. The molecule has 104 valence electrons. The topological polar surface area (TPSA) is 66.1 Å². The minimum Gasteiger partial charge on any atom is -0.312 e. The Kier molecular flexibility index (Phi) is 3.30. The van der Waals surface area contributed by atoms with E-state index in [1.165, 1.54) is 6.07 Å². The van der Waals surface area contributed by atoms with Gasteiger partial charge in [0.15, 0.2) is 0 Å². The number of pyridine rings is 2. The van der Waals surface area contributed by atoms with Crippen LogP contribution in [0.15, 0.2) is 53.9 Å². The molecule has 0 amide bonds. The molecule has 3 aromatic rings. The maximum Gasteiger partial charge on any atom is 0.147 e. The van der Waals surface area contributed by atoms with Crippen molar-refractivity contribution in [1.29, 1.82) is 0 Å². The lowest BCUT2D eigenvalue weighted by molar-refractivity contribution is 0.633. The Morgan fingerprint density at radius 3 is 2.90 bits per heavy atom. The van der Waals surface area contributed by atoms with Crippen LogP contribution in [0, 0.1) is 5.82 Å². The third-order valence-electron chi connectivity index (χ3n) is 3.37. The summed E-state index contributed by atoms with van der Waals surface area (Å²) in [6, 6.07) is 9.86. The summed E-state index contributed by atoms with van der Waals surface area (Å²) in [5.41, 5.74) is 11.3. The first-order chi connectivity index (χ1) is 10.2. The Labute approximate surface area is 120 Å². The number of rotatable bonds is 3. The largest absolute Gasteiger partial charge is 0.312 e. The first-order valence-electron chi connectivity index (χ1n) is 6.47. The monoisotopic (exact) mass is 281 g/mol. The summed E-state index contributed by atoms with van der Waals surface area (Å²) in [7, 11) is 0. The molecule has 1 atom stereocenters. The number of azide groups is 1. The van der Waals surface area contributed by atoms with Gasteiger partial charge >= 0.3 is 0 Å². The fraction of sp³-hybridized carbons (Fsp3) is 0.133. The van der Waals surface area contributed by atoms with E-state index in [0.717, 1.165) is 11.3 Å². The van der Waals surface area contributed by atoms with Crippen molar-refractivity contribution in [1.82, 2.24) is 9.38 Å². The van der Waals surface area contributed by atoms with E-state index in [-0.39, 0.29) is 5.82 Å². The highest BCUT2D eigenvalue weighted by atomic mass is 19.1. The second-order valence-corrected chi connectivity index (χ2v) is 4.66. The molecule has 0 saturated heterocycles. The fourth-order valence-electron chi connectivity index (χ4n) is 2.41. The Balaban J connectivity index is 2.36. The van der Waals surface area contributed by atoms with Crippen molar-refractivity contribution in [2.24, 2.45) is 5.11 Å². The maximum absolute atomic E-state index is 14.0. The average molecular weight is 281 g/mol. The second kappa shape index (κ2) is 5.26. The van der Waals surface area contributed by atoms with E-state index in [0.29, 0.717) is 11.2 Å². The van der Waals surface area contributed by atoms with Crippen LogP contribution in [0.25, 0.3) is 27.3 Å². The molecule has 0 aliphatic carbocycles. The van der Waals surface area contributed by atoms with Crippen LogP contribution in [0.3, 0.4) is 0 Å². The highest BCUT2D eigenvalue weighted by Crippen LogP contribution is 2.33. The zero-order valence-corrected chi connectivity index (χ0v) is 11.3. The van der Waals surface area contributed by atoms with Crippen LogP contribution in [0.2, 0.25) is 0 Å². The quantitative estimate of drug-likeness (QED) is 0.395. The van der Waals surface area contributed by atoms with Crippen LogP contribution in [-0.2, 0) is 0 Å². The predicted octanol–water partition coefficient (Wildman–Crippen LogP) is 4.51. The summed E-state index contributed by atoms with van der Waals surface area (Å²) in [4.78, 5) is 7.17. The number of fused-ring (bicyclic) bond motifs is 1. The minimum atomic E-state index is -0.411. The number of nitrogens with zero attached hydrogens (tertiary/aromatic N) is 5. The normalized spacial score (nSPS) is 12.1. The van der Waals surface area contributed by atoms with E-state index in [1.807, 2.05) is 18.2 Å². The minimum absolute atomic E-state index is 0.325. The van der Waals surface area contributed by atoms with Crippen LogP contribution in [0.5, 0.6) is 0 Å². The van der Waals surface area contributed by atoms with Crippen molar-refractivity contribution in [2.45, 2.75) is 13.0 Å². The first kappa shape index (κ1) is 13.1. The zero-order chi connectivity index (χ0) is 14.8. The molecule has 0 aliphatic rings. The smallest absolute Gasteiger partial charge is 0.147 e. The summed E-state index contributed by atoms with van der Waals surface area (Å²) in [6.45, 7) is 1.78. The Morgan fingerprint density at radius 1 is 1.33 bits per heavy atom. The van der Waals surface area contributed by atoms with Gasteiger partial charge in [0.1, 0.15) is 5.82 Å². The summed E-state index contributed by atoms with van der Waals surface area (Å²) < 4.78 is 15.7. The van der Waals surface area contributed by atoms with Crippen molar-refractivity contribution in [3.63, 3.8) is 0 Å². The molecule has 3 aromatic heterocycles. The molecule has 3 rings (SSSR count). The number of hydrogen-bond donors (Lipinski definition) is 0. The van der Waals surface area contributed by atoms with Crippen LogP contribution >= 0.6 is 0 Å². The van der Waals surface area contributed by atoms with Gasteiger partial charge in [-0.3, -0.25) is 4.98 Å². The van der Waals surface area contributed by atoms with E-state index >= 15 is 0 Å². The molecule has 5 nitrogen and oxygen atoms in total. The van der Waals surface area contributed by atoms with Crippen LogP contribution in [0.4, 0.5) is 4.39 Å². The lowest BCUT2D eigenvalue weighted by Gasteiger charge is -2.08. The van der Waals surface area contributed by atoms with E-state index in [9.17, 15) is 4.39 Å². The molecular weight excluding hydrogens is 269 g/mol. The first-order valence-corrected chi connectivity index (χ1v) is 6.47. The lowest BCUT2D eigenvalue weighted by atomic mass is 10.1. The van der Waals surface area contributed by atoms with Crippen molar-refractivity contribution < 1.29 is 4.39 Å². The van der Waals surface area contributed by atoms with Gasteiger partial charge in [-0.05, 0) is 41.4 Å². The van der Waals surface area contributed by atoms with Gasteiger partial charge in [-0.2, -0.15) is 0 Å². The van der Waals surface area contributed by atoms with Gasteiger partial charge in [0.05, 0.1) is 22.9 Å². The van der Waals surface area contributed by atoms with Gasteiger partial charge in [-0.25, -0.2) is 4.39 Å². The standard InChI is InChI=1S/C15H12FN5/c1-10(19-20-17)11-9-14-12(16)5-4-8-21(14)15(11)13-6-2-3-7-18-13/h2-10H,1H3. The van der Waals surface area contributed by atoms with Crippen molar-refractivity contribution in [3.05, 3.63) is 70.6 Å². The zero-order valence-electron chi connectivity index (χ0n) is 11.3. The Bertz CT molecular complexity index is 834. The summed E-state index contributed by atoms with van der Waals surface area (Å²) >= 11 is 0. The number of hydrogen-bond acceptors (Lipinski definition) is 2. The van der Waals surface area contributed by atoms with Crippen LogP contribution in [-0.4, -0.2) is 9.38 Å². The summed E-state index contributed by atoms with van der Waals surface area (Å²) in [5.74, 6) is -0.325. The van der Waals surface area contributed by atoms with Gasteiger partial charge in [0, 0.05) is 17.3 Å². The van der Waals surface area contributed by atoms with Gasteiger partial charge in [0.25, 0.3) is 0 Å². The van der Waals surface area contributed by atoms with Gasteiger partial charge < -0.3 is 4.40 Å². The van der Waals surface area contributed by atoms with Crippen LogP contribution in [0.1, 0.15) is 18.5 Å². The van der Waals surface area contributed by atoms with Gasteiger partial charge in [-0.15, -0.1) is 0 Å². The Morgan fingerprint density at radius 2 is 2.19 bits per heavy atom. The average Bonchev–Trinajstić information content (AvgIpc) is 2.89. The molecule has 0 N–H and O–H groups in total. The Hall–Kier alpha value is -2.85. The molecule has 0 bridgehead atoms. The molecule has 6 heteroatoms. The molecule has 0 spiro atoms. The van der Waals surface area contributed by atoms with Gasteiger partial charge in [-0.1, -0.05) is 18.1 Å². The van der Waals surface area contributed by atoms with Crippen molar-refractivity contribution in [3.8, 4) is 11.4 Å². The molecule has 0 aliphatic heterocycles. The van der Waals surface area contributed by atoms with E-state index in [4.69, 9.17) is 5.53 Å². The van der Waals surface area contributed by atoms with E-state index in [1.54, 1.807) is 35.9 Å². The number of aromatic nitrogens is 2. The number of halogens is 1. The molecule has 1 unspecified atom stereocenters. The molecule has 0 radical (unpaired) electrons. The van der Waals surface area contributed by atoms with Crippen LogP contribution < -0.4 is 0 Å². The maximum atomic E-state index is 14.0. The van der Waals surface area contributed by atoms with Crippen molar-refractivity contribution in [2.75, 3.05) is 0 Å². The molecular formula is C15H12FN5. The summed E-state index contributed by atoms with van der Waals surface area (Å²) in [6.07, 6.45) is 3.45. The van der Waals surface area contributed by atoms with Crippen molar-refractivity contribution >= 4 is 5.52 Å². The van der Waals surface area contributed by atoms with E-state index < -0.39 is 6.04 Å². The molecule has 0 fully saturated rings. The molecule has 0 aromatic carbocycles.